The van der Waals surface area contributed by atoms with E-state index in [0.29, 0.717) is 17.8 Å². The van der Waals surface area contributed by atoms with Crippen LogP contribution in [0.3, 0.4) is 0 Å². The van der Waals surface area contributed by atoms with Gasteiger partial charge in [-0.05, 0) is 93.6 Å². The van der Waals surface area contributed by atoms with Crippen molar-refractivity contribution >= 4 is 6.08 Å². The standard InChI is InChI=1S/C26H38N2O2/c1-5-28-16(2)18(15-27-28)12-17-13-23-21-7-6-19-14-20(29)8-10-25(19,3)22(21)9-11-26(23,4)24(17)30/h6,12,15,20-24,29-30H,5,7-11,13-14H2,1-4H3/b17-12+/t20-,21-,22+,23+,24+,25-,26-/m0/s1. The average molecular weight is 411 g/mol. The molecule has 4 heteroatoms. The van der Waals surface area contributed by atoms with Gasteiger partial charge in [0.15, 0.2) is 0 Å². The number of fused-ring (bicyclic) bond motifs is 5. The van der Waals surface area contributed by atoms with E-state index in [1.165, 1.54) is 23.3 Å². The Bertz CT molecular complexity index is 899. The van der Waals surface area contributed by atoms with E-state index in [4.69, 9.17) is 0 Å². The van der Waals surface area contributed by atoms with Crippen LogP contribution in [0.1, 0.15) is 77.0 Å². The second-order valence-corrected chi connectivity index (χ2v) is 11.0. The van der Waals surface area contributed by atoms with Crippen molar-refractivity contribution < 1.29 is 10.2 Å². The molecular weight excluding hydrogens is 372 g/mol. The molecule has 4 aliphatic carbocycles. The molecule has 5 rings (SSSR count). The molecule has 3 saturated carbocycles. The van der Waals surface area contributed by atoms with Gasteiger partial charge in [0.2, 0.25) is 0 Å². The predicted octanol–water partition coefficient (Wildman–Crippen LogP) is 4.89. The molecule has 0 saturated heterocycles. The highest BCUT2D eigenvalue weighted by Gasteiger charge is 2.59. The fourth-order valence-electron chi connectivity index (χ4n) is 7.76. The minimum atomic E-state index is -0.348. The number of hydrogen-bond donors (Lipinski definition) is 2. The molecule has 0 amide bonds. The zero-order valence-corrected chi connectivity index (χ0v) is 19.1. The first-order valence-corrected chi connectivity index (χ1v) is 12.1. The molecule has 30 heavy (non-hydrogen) atoms. The lowest BCUT2D eigenvalue weighted by molar-refractivity contribution is -0.0685. The van der Waals surface area contributed by atoms with Crippen LogP contribution in [0, 0.1) is 35.5 Å². The second-order valence-electron chi connectivity index (χ2n) is 11.0. The summed E-state index contributed by atoms with van der Waals surface area (Å²) in [5.41, 5.74) is 5.30. The molecule has 1 aromatic rings. The number of nitrogens with zero attached hydrogens (tertiary/aromatic N) is 2. The highest BCUT2D eigenvalue weighted by Crippen LogP contribution is 2.65. The van der Waals surface area contributed by atoms with Crippen LogP contribution in [0.5, 0.6) is 0 Å². The van der Waals surface area contributed by atoms with Crippen molar-refractivity contribution in [3.05, 3.63) is 34.7 Å². The number of aliphatic hydroxyl groups excluding tert-OH is 2. The molecular formula is C26H38N2O2. The first kappa shape index (κ1) is 20.5. The quantitative estimate of drug-likeness (QED) is 0.683. The van der Waals surface area contributed by atoms with E-state index in [1.54, 1.807) is 0 Å². The summed E-state index contributed by atoms with van der Waals surface area (Å²) in [4.78, 5) is 0. The summed E-state index contributed by atoms with van der Waals surface area (Å²) >= 11 is 0. The molecule has 0 radical (unpaired) electrons. The van der Waals surface area contributed by atoms with Crippen LogP contribution in [0.4, 0.5) is 0 Å². The van der Waals surface area contributed by atoms with Gasteiger partial charge >= 0.3 is 0 Å². The topological polar surface area (TPSA) is 58.3 Å². The Labute approximate surface area is 181 Å². The summed E-state index contributed by atoms with van der Waals surface area (Å²) in [6.07, 6.45) is 13.5. The van der Waals surface area contributed by atoms with Gasteiger partial charge in [0, 0.05) is 23.2 Å². The number of aromatic nitrogens is 2. The third-order valence-electron chi connectivity index (χ3n) is 9.73. The van der Waals surface area contributed by atoms with Crippen molar-refractivity contribution in [3.63, 3.8) is 0 Å². The Balaban J connectivity index is 1.47. The smallest absolute Gasteiger partial charge is 0.0809 e. The van der Waals surface area contributed by atoms with Crippen LogP contribution in [-0.4, -0.2) is 32.2 Å². The van der Waals surface area contributed by atoms with E-state index in [-0.39, 0.29) is 23.0 Å². The largest absolute Gasteiger partial charge is 0.393 e. The minimum absolute atomic E-state index is 0.0163. The first-order chi connectivity index (χ1) is 14.3. The van der Waals surface area contributed by atoms with E-state index >= 15 is 0 Å². The molecule has 7 atom stereocenters. The van der Waals surface area contributed by atoms with E-state index in [0.717, 1.165) is 50.6 Å². The van der Waals surface area contributed by atoms with Crippen molar-refractivity contribution in [3.8, 4) is 0 Å². The van der Waals surface area contributed by atoms with Gasteiger partial charge in [-0.2, -0.15) is 5.10 Å². The van der Waals surface area contributed by atoms with Gasteiger partial charge in [-0.3, -0.25) is 4.68 Å². The lowest BCUT2D eigenvalue weighted by atomic mass is 9.48. The summed E-state index contributed by atoms with van der Waals surface area (Å²) in [5, 5.41) is 26.1. The highest BCUT2D eigenvalue weighted by atomic mass is 16.3. The van der Waals surface area contributed by atoms with Gasteiger partial charge in [0.05, 0.1) is 18.4 Å². The molecule has 0 unspecified atom stereocenters. The van der Waals surface area contributed by atoms with Crippen molar-refractivity contribution in [1.29, 1.82) is 0 Å². The normalized spacial score (nSPS) is 44.4. The molecule has 1 aromatic heterocycles. The maximum atomic E-state index is 11.4. The van der Waals surface area contributed by atoms with Gasteiger partial charge in [0.1, 0.15) is 0 Å². The zero-order chi connectivity index (χ0) is 21.3. The minimum Gasteiger partial charge on any atom is -0.393 e. The molecule has 0 bridgehead atoms. The Hall–Kier alpha value is -1.39. The van der Waals surface area contributed by atoms with Crippen molar-refractivity contribution in [2.24, 2.45) is 28.6 Å². The van der Waals surface area contributed by atoms with Crippen molar-refractivity contribution in [1.82, 2.24) is 9.78 Å². The SMILES string of the molecule is CCn1ncc(/C=C2\C[C@@H]3[C@H]4CC=C5C[C@@H](O)CC[C@]5(C)[C@@H]4CC[C@]3(C)[C@@H]2O)c1C. The van der Waals surface area contributed by atoms with E-state index < -0.39 is 0 Å². The fourth-order valence-corrected chi connectivity index (χ4v) is 7.76. The maximum Gasteiger partial charge on any atom is 0.0809 e. The average Bonchev–Trinajstić information content (AvgIpc) is 3.20. The Kier molecular flexibility index (Phi) is 4.83. The zero-order valence-electron chi connectivity index (χ0n) is 19.1. The van der Waals surface area contributed by atoms with Gasteiger partial charge in [0.25, 0.3) is 0 Å². The summed E-state index contributed by atoms with van der Waals surface area (Å²) < 4.78 is 2.03. The van der Waals surface area contributed by atoms with Crippen LogP contribution in [0.25, 0.3) is 6.08 Å². The first-order valence-electron chi connectivity index (χ1n) is 12.1. The Morgan fingerprint density at radius 3 is 2.70 bits per heavy atom. The lowest BCUT2D eigenvalue weighted by Gasteiger charge is -2.57. The second kappa shape index (κ2) is 7.06. The van der Waals surface area contributed by atoms with Gasteiger partial charge < -0.3 is 10.2 Å². The van der Waals surface area contributed by atoms with Crippen molar-refractivity contribution in [2.45, 2.75) is 91.4 Å². The molecule has 1 heterocycles. The van der Waals surface area contributed by atoms with Gasteiger partial charge in [-0.15, -0.1) is 0 Å². The molecule has 164 valence electrons. The molecule has 3 fully saturated rings. The molecule has 0 aliphatic heterocycles. The van der Waals surface area contributed by atoms with Crippen LogP contribution < -0.4 is 0 Å². The lowest BCUT2D eigenvalue weighted by Crippen LogP contribution is -2.51. The molecule has 4 aliphatic rings. The monoisotopic (exact) mass is 410 g/mol. The molecule has 0 spiro atoms. The summed E-state index contributed by atoms with van der Waals surface area (Å²) in [7, 11) is 0. The summed E-state index contributed by atoms with van der Waals surface area (Å²) in [6.45, 7) is 9.93. The fraction of sp³-hybridized carbons (Fsp3) is 0.731. The van der Waals surface area contributed by atoms with E-state index in [9.17, 15) is 10.2 Å². The van der Waals surface area contributed by atoms with Crippen molar-refractivity contribution in [2.75, 3.05) is 0 Å². The number of aryl methyl sites for hydroxylation is 1. The molecule has 4 nitrogen and oxygen atoms in total. The van der Waals surface area contributed by atoms with Crippen LogP contribution >= 0.6 is 0 Å². The summed E-state index contributed by atoms with van der Waals surface area (Å²) in [5.74, 6) is 1.88. The number of aliphatic hydroxyl groups is 2. The predicted molar refractivity (Wildman–Crippen MR) is 120 cm³/mol. The van der Waals surface area contributed by atoms with E-state index in [2.05, 4.69) is 44.9 Å². The third-order valence-corrected chi connectivity index (χ3v) is 9.73. The van der Waals surface area contributed by atoms with Gasteiger partial charge in [-0.25, -0.2) is 0 Å². The number of rotatable bonds is 2. The summed E-state index contributed by atoms with van der Waals surface area (Å²) in [6, 6.07) is 0. The highest BCUT2D eigenvalue weighted by molar-refractivity contribution is 5.57. The Morgan fingerprint density at radius 1 is 1.17 bits per heavy atom. The van der Waals surface area contributed by atoms with Gasteiger partial charge in [-0.1, -0.05) is 25.5 Å². The van der Waals surface area contributed by atoms with Crippen LogP contribution in [0.2, 0.25) is 0 Å². The number of hydrogen-bond acceptors (Lipinski definition) is 3. The molecule has 0 aromatic carbocycles. The third kappa shape index (κ3) is 2.82. The maximum absolute atomic E-state index is 11.4. The van der Waals surface area contributed by atoms with Crippen LogP contribution in [-0.2, 0) is 6.54 Å². The Morgan fingerprint density at radius 2 is 1.97 bits per heavy atom. The molecule has 2 N–H and O–H groups in total. The van der Waals surface area contributed by atoms with E-state index in [1.807, 2.05) is 10.9 Å². The number of allylic oxidation sites excluding steroid dienone is 1. The van der Waals surface area contributed by atoms with Crippen LogP contribution in [0.15, 0.2) is 23.4 Å².